The van der Waals surface area contributed by atoms with Crippen LogP contribution in [0.2, 0.25) is 15.1 Å². The lowest BCUT2D eigenvalue weighted by Gasteiger charge is -2.31. The molecule has 0 spiro atoms. The topological polar surface area (TPSA) is 45.5 Å². The summed E-state index contributed by atoms with van der Waals surface area (Å²) in [6.45, 7) is 2.98. The molecule has 2 heterocycles. The molecule has 3 unspecified atom stereocenters. The summed E-state index contributed by atoms with van der Waals surface area (Å²) in [6, 6.07) is 11.1. The third-order valence-electron chi connectivity index (χ3n) is 5.43. The second-order valence-electron chi connectivity index (χ2n) is 7.89. The van der Waals surface area contributed by atoms with Crippen LogP contribution in [0.4, 0.5) is 0 Å². The zero-order valence-electron chi connectivity index (χ0n) is 17.7. The average molecular weight is 496 g/mol. The lowest BCUT2D eigenvalue weighted by atomic mass is 10.1. The second-order valence-corrected chi connectivity index (χ2v) is 9.17. The summed E-state index contributed by atoms with van der Waals surface area (Å²) in [7, 11) is 0. The van der Waals surface area contributed by atoms with Gasteiger partial charge in [-0.1, -0.05) is 40.9 Å². The van der Waals surface area contributed by atoms with E-state index < -0.39 is 0 Å². The highest BCUT2D eigenvalue weighted by Crippen LogP contribution is 2.31. The van der Waals surface area contributed by atoms with E-state index in [-0.39, 0.29) is 18.5 Å². The van der Waals surface area contributed by atoms with Gasteiger partial charge in [-0.2, -0.15) is 0 Å². The number of hydrogen-bond acceptors (Lipinski definition) is 4. The van der Waals surface area contributed by atoms with Crippen LogP contribution >= 0.6 is 34.8 Å². The summed E-state index contributed by atoms with van der Waals surface area (Å²) in [6.07, 6.45) is 7.49. The van der Waals surface area contributed by atoms with Crippen molar-refractivity contribution < 1.29 is 14.2 Å². The van der Waals surface area contributed by atoms with Crippen molar-refractivity contribution in [3.63, 3.8) is 0 Å². The third-order valence-corrected chi connectivity index (χ3v) is 6.23. The smallest absolute Gasteiger partial charge is 0.200 e. The number of imidazole rings is 1. The SMILES string of the molecule is Cc1cc(Cl)ccc1OC1CCCC(COC(Cn2ccnc2)c2ccc(Cl)cc2Cl)O1. The Hall–Kier alpha value is -1.76. The molecule has 8 heteroatoms. The van der Waals surface area contributed by atoms with Gasteiger partial charge >= 0.3 is 0 Å². The molecule has 32 heavy (non-hydrogen) atoms. The molecule has 0 amide bonds. The second kappa shape index (κ2) is 10.9. The van der Waals surface area contributed by atoms with E-state index in [1.807, 2.05) is 48.0 Å². The third kappa shape index (κ3) is 6.18. The molecule has 1 aliphatic heterocycles. The molecule has 0 N–H and O–H groups in total. The minimum atomic E-state index is -0.316. The number of benzene rings is 2. The van der Waals surface area contributed by atoms with Crippen LogP contribution in [-0.4, -0.2) is 28.6 Å². The van der Waals surface area contributed by atoms with E-state index in [0.717, 1.165) is 36.1 Å². The highest BCUT2D eigenvalue weighted by Gasteiger charge is 2.26. The van der Waals surface area contributed by atoms with Crippen molar-refractivity contribution in [3.8, 4) is 5.75 Å². The highest BCUT2D eigenvalue weighted by atomic mass is 35.5. The number of aryl methyl sites for hydroxylation is 1. The maximum atomic E-state index is 6.48. The molecule has 2 aromatic carbocycles. The maximum Gasteiger partial charge on any atom is 0.200 e. The molecule has 3 atom stereocenters. The molecule has 0 bridgehead atoms. The van der Waals surface area contributed by atoms with Crippen molar-refractivity contribution >= 4 is 34.8 Å². The monoisotopic (exact) mass is 494 g/mol. The van der Waals surface area contributed by atoms with Crippen LogP contribution in [0.25, 0.3) is 0 Å². The Bertz CT molecular complexity index is 1030. The number of ether oxygens (including phenoxy) is 3. The summed E-state index contributed by atoms with van der Waals surface area (Å²) >= 11 is 18.6. The van der Waals surface area contributed by atoms with Crippen LogP contribution in [-0.2, 0) is 16.0 Å². The average Bonchev–Trinajstić information content (AvgIpc) is 3.27. The molecule has 4 rings (SSSR count). The van der Waals surface area contributed by atoms with E-state index in [0.29, 0.717) is 28.2 Å². The Balaban J connectivity index is 1.40. The van der Waals surface area contributed by atoms with Crippen LogP contribution in [0.15, 0.2) is 55.1 Å². The summed E-state index contributed by atoms with van der Waals surface area (Å²) in [5.41, 5.74) is 1.86. The fourth-order valence-electron chi connectivity index (χ4n) is 3.77. The first kappa shape index (κ1) is 23.4. The first-order valence-corrected chi connectivity index (χ1v) is 11.7. The Kier molecular flexibility index (Phi) is 7.98. The van der Waals surface area contributed by atoms with Crippen molar-refractivity contribution in [2.45, 2.75) is 51.2 Å². The van der Waals surface area contributed by atoms with Crippen molar-refractivity contribution in [1.29, 1.82) is 0 Å². The normalized spacial score (nSPS) is 19.6. The van der Waals surface area contributed by atoms with Crippen molar-refractivity contribution in [3.05, 3.63) is 81.3 Å². The summed E-state index contributed by atoms with van der Waals surface area (Å²) in [5.74, 6) is 0.784. The first-order valence-electron chi connectivity index (χ1n) is 10.6. The molecule has 1 fully saturated rings. The van der Waals surface area contributed by atoms with E-state index >= 15 is 0 Å². The maximum absolute atomic E-state index is 6.48. The van der Waals surface area contributed by atoms with Crippen LogP contribution in [0.3, 0.4) is 0 Å². The molecule has 0 radical (unpaired) electrons. The van der Waals surface area contributed by atoms with Gasteiger partial charge in [0.05, 0.1) is 25.6 Å². The minimum Gasteiger partial charge on any atom is -0.465 e. The number of halogens is 3. The van der Waals surface area contributed by atoms with Crippen molar-refractivity contribution in [2.24, 2.45) is 0 Å². The Labute approximate surface area is 203 Å². The molecule has 1 aromatic heterocycles. The molecule has 5 nitrogen and oxygen atoms in total. The zero-order valence-corrected chi connectivity index (χ0v) is 20.0. The van der Waals surface area contributed by atoms with Crippen LogP contribution in [0.1, 0.15) is 36.5 Å². The van der Waals surface area contributed by atoms with Gasteiger partial charge in [0, 0.05) is 39.4 Å². The largest absolute Gasteiger partial charge is 0.465 e. The molecule has 0 aliphatic carbocycles. The van der Waals surface area contributed by atoms with Gasteiger partial charge in [0.2, 0.25) is 0 Å². The predicted molar refractivity (Wildman–Crippen MR) is 127 cm³/mol. The molecule has 1 saturated heterocycles. The molecule has 1 aliphatic rings. The van der Waals surface area contributed by atoms with E-state index in [2.05, 4.69) is 4.98 Å². The van der Waals surface area contributed by atoms with Gasteiger partial charge in [0.1, 0.15) is 11.9 Å². The molecular weight excluding hydrogens is 471 g/mol. The van der Waals surface area contributed by atoms with E-state index in [1.165, 1.54) is 0 Å². The Morgan fingerprint density at radius 1 is 1.12 bits per heavy atom. The molecule has 3 aromatic rings. The fourth-order valence-corrected chi connectivity index (χ4v) is 4.53. The molecule has 170 valence electrons. The van der Waals surface area contributed by atoms with Gasteiger partial charge in [-0.3, -0.25) is 0 Å². The lowest BCUT2D eigenvalue weighted by molar-refractivity contribution is -0.170. The summed E-state index contributed by atoms with van der Waals surface area (Å²) in [5, 5.41) is 1.86. The number of rotatable bonds is 8. The highest BCUT2D eigenvalue weighted by molar-refractivity contribution is 6.35. The van der Waals surface area contributed by atoms with Gasteiger partial charge in [-0.25, -0.2) is 4.98 Å². The lowest BCUT2D eigenvalue weighted by Crippen LogP contribution is -2.35. The summed E-state index contributed by atoms with van der Waals surface area (Å²) < 4.78 is 20.6. The molecule has 0 saturated carbocycles. The van der Waals surface area contributed by atoms with Crippen LogP contribution in [0, 0.1) is 6.92 Å². The Morgan fingerprint density at radius 2 is 1.94 bits per heavy atom. The first-order chi connectivity index (χ1) is 15.5. The van der Waals surface area contributed by atoms with Gasteiger partial charge < -0.3 is 18.8 Å². The van der Waals surface area contributed by atoms with Crippen molar-refractivity contribution in [1.82, 2.24) is 9.55 Å². The summed E-state index contributed by atoms with van der Waals surface area (Å²) in [4.78, 5) is 4.12. The minimum absolute atomic E-state index is 0.0716. The fraction of sp³-hybridized carbons (Fsp3) is 0.375. The zero-order chi connectivity index (χ0) is 22.5. The predicted octanol–water partition coefficient (Wildman–Crippen LogP) is 6.88. The molecular formula is C24H25Cl3N2O3. The van der Waals surface area contributed by atoms with E-state index in [1.54, 1.807) is 18.6 Å². The number of nitrogens with zero attached hydrogens (tertiary/aromatic N) is 2. The van der Waals surface area contributed by atoms with Gasteiger partial charge in [0.25, 0.3) is 0 Å². The Morgan fingerprint density at radius 3 is 2.69 bits per heavy atom. The number of aromatic nitrogens is 2. The quantitative estimate of drug-likeness (QED) is 0.341. The van der Waals surface area contributed by atoms with Gasteiger partial charge in [-0.05, 0) is 55.7 Å². The number of hydrogen-bond donors (Lipinski definition) is 0. The van der Waals surface area contributed by atoms with Crippen LogP contribution < -0.4 is 4.74 Å². The van der Waals surface area contributed by atoms with Crippen LogP contribution in [0.5, 0.6) is 5.75 Å². The van der Waals surface area contributed by atoms with Gasteiger partial charge in [-0.15, -0.1) is 0 Å². The van der Waals surface area contributed by atoms with Gasteiger partial charge in [0.15, 0.2) is 6.29 Å². The van der Waals surface area contributed by atoms with Crippen molar-refractivity contribution in [2.75, 3.05) is 6.61 Å². The van der Waals surface area contributed by atoms with E-state index in [9.17, 15) is 0 Å². The standard InChI is InChI=1S/C24H25Cl3N2O3/c1-16-11-17(25)6-8-22(16)32-24-4-2-3-19(31-24)14-30-23(13-29-10-9-28-15-29)20-7-5-18(26)12-21(20)27/h5-12,15,19,23-24H,2-4,13-14H2,1H3. The van der Waals surface area contributed by atoms with E-state index in [4.69, 9.17) is 49.0 Å².